The van der Waals surface area contributed by atoms with E-state index in [2.05, 4.69) is 10.6 Å². The van der Waals surface area contributed by atoms with Gasteiger partial charge in [-0.2, -0.15) is 0 Å². The molecule has 0 radical (unpaired) electrons. The number of ether oxygens (including phenoxy) is 1. The zero-order valence-corrected chi connectivity index (χ0v) is 16.0. The molecular formula is C21H21FN2O5. The SMILES string of the molecule is CC(=O)Nc1ccc(NC(=O)[C@H](C)OC(=O)CCC(=O)c2ccc(F)cc2)cc1. The number of carbonyl (C=O) groups is 4. The summed E-state index contributed by atoms with van der Waals surface area (Å²) in [5.74, 6) is -2.20. The maximum Gasteiger partial charge on any atom is 0.307 e. The molecule has 0 spiro atoms. The van der Waals surface area contributed by atoms with Crippen LogP contribution in [-0.4, -0.2) is 29.7 Å². The molecule has 2 amide bonds. The Hall–Kier alpha value is -3.55. The van der Waals surface area contributed by atoms with E-state index in [1.54, 1.807) is 24.3 Å². The molecule has 0 saturated heterocycles. The van der Waals surface area contributed by atoms with Crippen LogP contribution in [0.1, 0.15) is 37.0 Å². The minimum Gasteiger partial charge on any atom is -0.453 e. The van der Waals surface area contributed by atoms with E-state index in [9.17, 15) is 23.6 Å². The van der Waals surface area contributed by atoms with Crippen molar-refractivity contribution in [2.75, 3.05) is 10.6 Å². The average Bonchev–Trinajstić information content (AvgIpc) is 2.67. The first-order chi connectivity index (χ1) is 13.7. The monoisotopic (exact) mass is 400 g/mol. The van der Waals surface area contributed by atoms with Gasteiger partial charge in [0.25, 0.3) is 5.91 Å². The molecule has 1 atom stereocenters. The fourth-order valence-corrected chi connectivity index (χ4v) is 2.39. The molecule has 2 N–H and O–H groups in total. The molecule has 2 aromatic carbocycles. The maximum absolute atomic E-state index is 12.9. The lowest BCUT2D eigenvalue weighted by Gasteiger charge is -2.14. The van der Waals surface area contributed by atoms with Crippen LogP contribution in [0, 0.1) is 5.82 Å². The molecule has 0 heterocycles. The summed E-state index contributed by atoms with van der Waals surface area (Å²) in [7, 11) is 0. The summed E-state index contributed by atoms with van der Waals surface area (Å²) in [6.07, 6.45) is -1.36. The van der Waals surface area contributed by atoms with Gasteiger partial charge >= 0.3 is 5.97 Å². The Bertz CT molecular complexity index is 894. The fourth-order valence-electron chi connectivity index (χ4n) is 2.39. The largest absolute Gasteiger partial charge is 0.453 e. The van der Waals surface area contributed by atoms with Gasteiger partial charge in [0.05, 0.1) is 6.42 Å². The van der Waals surface area contributed by atoms with Gasteiger partial charge in [0.1, 0.15) is 5.82 Å². The van der Waals surface area contributed by atoms with Gasteiger partial charge in [-0.25, -0.2) is 4.39 Å². The number of Topliss-reactive ketones (excluding diaryl/α,β-unsaturated/α-hetero) is 1. The van der Waals surface area contributed by atoms with Gasteiger partial charge in [0.15, 0.2) is 11.9 Å². The molecule has 0 aliphatic rings. The zero-order valence-electron chi connectivity index (χ0n) is 16.0. The van der Waals surface area contributed by atoms with E-state index in [1.807, 2.05) is 0 Å². The zero-order chi connectivity index (χ0) is 21.4. The van der Waals surface area contributed by atoms with Crippen LogP contribution in [0.2, 0.25) is 0 Å². The van der Waals surface area contributed by atoms with Crippen LogP contribution in [0.4, 0.5) is 15.8 Å². The number of carbonyl (C=O) groups excluding carboxylic acids is 4. The van der Waals surface area contributed by atoms with Gasteiger partial charge in [-0.1, -0.05) is 0 Å². The van der Waals surface area contributed by atoms with Crippen molar-refractivity contribution < 1.29 is 28.3 Å². The van der Waals surface area contributed by atoms with Crippen molar-refractivity contribution in [2.24, 2.45) is 0 Å². The van der Waals surface area contributed by atoms with Crippen molar-refractivity contribution in [1.82, 2.24) is 0 Å². The molecule has 0 fully saturated rings. The molecule has 7 nitrogen and oxygen atoms in total. The van der Waals surface area contributed by atoms with E-state index in [-0.39, 0.29) is 24.5 Å². The number of nitrogens with one attached hydrogen (secondary N) is 2. The molecule has 152 valence electrons. The Balaban J connectivity index is 1.79. The summed E-state index contributed by atoms with van der Waals surface area (Å²) in [4.78, 5) is 47.0. The smallest absolute Gasteiger partial charge is 0.307 e. The summed E-state index contributed by atoms with van der Waals surface area (Å²) in [5.41, 5.74) is 1.35. The molecule has 0 aliphatic heterocycles. The predicted octanol–water partition coefficient (Wildman–Crippen LogP) is 3.32. The third-order valence-electron chi connectivity index (χ3n) is 3.87. The molecule has 0 aromatic heterocycles. The second-order valence-electron chi connectivity index (χ2n) is 6.31. The number of esters is 1. The van der Waals surface area contributed by atoms with Crippen LogP contribution in [0.3, 0.4) is 0 Å². The lowest BCUT2D eigenvalue weighted by atomic mass is 10.1. The summed E-state index contributed by atoms with van der Waals surface area (Å²) >= 11 is 0. The normalized spacial score (nSPS) is 11.3. The van der Waals surface area contributed by atoms with Crippen LogP contribution < -0.4 is 10.6 Å². The van der Waals surface area contributed by atoms with E-state index in [0.717, 1.165) is 0 Å². The minimum absolute atomic E-state index is 0.108. The molecule has 0 unspecified atom stereocenters. The molecular weight excluding hydrogens is 379 g/mol. The summed E-state index contributed by atoms with van der Waals surface area (Å²) in [5, 5.41) is 5.20. The number of benzene rings is 2. The highest BCUT2D eigenvalue weighted by Gasteiger charge is 2.19. The van der Waals surface area contributed by atoms with Gasteiger partial charge in [-0.05, 0) is 55.5 Å². The van der Waals surface area contributed by atoms with Gasteiger partial charge < -0.3 is 15.4 Å². The summed E-state index contributed by atoms with van der Waals surface area (Å²) in [6.45, 7) is 2.81. The standard InChI is InChI=1S/C21H21FN2O5/c1-13(21(28)24-18-9-7-17(8-10-18)23-14(2)25)29-20(27)12-11-19(26)15-3-5-16(22)6-4-15/h3-10,13H,11-12H2,1-2H3,(H,23,25)(H,24,28)/t13-/m0/s1. The fraction of sp³-hybridized carbons (Fsp3) is 0.238. The number of amides is 2. The quantitative estimate of drug-likeness (QED) is 0.523. The van der Waals surface area contributed by atoms with Crippen LogP contribution in [-0.2, 0) is 19.1 Å². The Morgan fingerprint density at radius 1 is 0.897 bits per heavy atom. The highest BCUT2D eigenvalue weighted by Crippen LogP contribution is 2.14. The number of anilines is 2. The maximum atomic E-state index is 12.9. The van der Waals surface area contributed by atoms with Gasteiger partial charge in [-0.15, -0.1) is 0 Å². The molecule has 29 heavy (non-hydrogen) atoms. The summed E-state index contributed by atoms with van der Waals surface area (Å²) < 4.78 is 17.9. The van der Waals surface area contributed by atoms with E-state index in [0.29, 0.717) is 16.9 Å². The number of hydrogen-bond acceptors (Lipinski definition) is 5. The highest BCUT2D eigenvalue weighted by atomic mass is 19.1. The topological polar surface area (TPSA) is 102 Å². The first-order valence-corrected chi connectivity index (χ1v) is 8.91. The second kappa shape index (κ2) is 10.1. The first kappa shape index (κ1) is 21.7. The van der Waals surface area contributed by atoms with E-state index < -0.39 is 23.8 Å². The number of rotatable bonds is 8. The third-order valence-corrected chi connectivity index (χ3v) is 3.87. The van der Waals surface area contributed by atoms with Crippen molar-refractivity contribution >= 4 is 34.9 Å². The van der Waals surface area contributed by atoms with Crippen molar-refractivity contribution in [2.45, 2.75) is 32.8 Å². The molecule has 8 heteroatoms. The van der Waals surface area contributed by atoms with Gasteiger partial charge in [0, 0.05) is 30.3 Å². The Morgan fingerprint density at radius 3 is 2.00 bits per heavy atom. The lowest BCUT2D eigenvalue weighted by molar-refractivity contribution is -0.153. The van der Waals surface area contributed by atoms with E-state index in [4.69, 9.17) is 4.74 Å². The third kappa shape index (κ3) is 7.17. The Morgan fingerprint density at radius 2 is 1.45 bits per heavy atom. The van der Waals surface area contributed by atoms with Crippen molar-refractivity contribution in [3.05, 3.63) is 59.9 Å². The number of ketones is 1. The van der Waals surface area contributed by atoms with Crippen LogP contribution in [0.5, 0.6) is 0 Å². The minimum atomic E-state index is -1.06. The second-order valence-corrected chi connectivity index (χ2v) is 6.31. The van der Waals surface area contributed by atoms with Crippen molar-refractivity contribution in [3.8, 4) is 0 Å². The number of halogens is 1. The highest BCUT2D eigenvalue weighted by molar-refractivity contribution is 5.98. The number of hydrogen-bond donors (Lipinski definition) is 2. The van der Waals surface area contributed by atoms with Crippen LogP contribution >= 0.6 is 0 Å². The molecule has 0 bridgehead atoms. The molecule has 2 aromatic rings. The van der Waals surface area contributed by atoms with Crippen molar-refractivity contribution in [3.63, 3.8) is 0 Å². The Labute approximate surface area is 167 Å². The molecule has 2 rings (SSSR count). The molecule has 0 saturated carbocycles. The van der Waals surface area contributed by atoms with Crippen molar-refractivity contribution in [1.29, 1.82) is 0 Å². The van der Waals surface area contributed by atoms with E-state index in [1.165, 1.54) is 38.1 Å². The lowest BCUT2D eigenvalue weighted by Crippen LogP contribution is -2.30. The van der Waals surface area contributed by atoms with Crippen LogP contribution in [0.25, 0.3) is 0 Å². The van der Waals surface area contributed by atoms with Crippen LogP contribution in [0.15, 0.2) is 48.5 Å². The Kier molecular flexibility index (Phi) is 7.59. The summed E-state index contributed by atoms with van der Waals surface area (Å²) in [6, 6.07) is 11.5. The predicted molar refractivity (Wildman–Crippen MR) is 105 cm³/mol. The first-order valence-electron chi connectivity index (χ1n) is 8.91. The van der Waals surface area contributed by atoms with Gasteiger partial charge in [0.2, 0.25) is 5.91 Å². The van der Waals surface area contributed by atoms with Gasteiger partial charge in [-0.3, -0.25) is 19.2 Å². The van der Waals surface area contributed by atoms with E-state index >= 15 is 0 Å². The average molecular weight is 400 g/mol. The molecule has 0 aliphatic carbocycles.